The standard InChI is InChI=1S/C24H21FN8O.C4H10/c1-2-14(12-26)24(34)31-20-8-5-9-21(30-20)33-19-7-4-3-6-15(19)23(32-33)29-18-11-10-17(28)16(13-27)22(18)25;1-3-4-2/h2-13,26-27H,28H2,1H3,(H,29,32)(H,30,31,34);3-4H2,1-2H3/b14-2+,26-12?,27-13?;. The highest BCUT2D eigenvalue weighted by atomic mass is 19.1. The largest absolute Gasteiger partial charge is 0.398 e. The molecule has 0 aliphatic heterocycles. The number of carbonyl (C=O) groups is 1. The van der Waals surface area contributed by atoms with Crippen LogP contribution in [0.4, 0.5) is 27.4 Å². The molecule has 0 atom stereocenters. The number of nitrogens with zero attached hydrogens (tertiary/aromatic N) is 3. The van der Waals surface area contributed by atoms with Crippen LogP contribution in [0.5, 0.6) is 0 Å². The second-order valence-electron chi connectivity index (χ2n) is 8.20. The summed E-state index contributed by atoms with van der Waals surface area (Å²) in [5.41, 5.74) is 6.95. The number of benzene rings is 2. The SMILES string of the molecule is C/C=C(\C=N)C(=O)Nc1cccc(-n2nc(Nc3ccc(N)c(C=N)c3F)c3ccccc32)n1.CCCC. The molecule has 0 fully saturated rings. The number of rotatable bonds is 8. The maximum atomic E-state index is 14.8. The van der Waals surface area contributed by atoms with Crippen LogP contribution in [0.25, 0.3) is 16.7 Å². The molecule has 1 amide bonds. The van der Waals surface area contributed by atoms with Crippen molar-refractivity contribution < 1.29 is 9.18 Å². The molecule has 4 aromatic rings. The van der Waals surface area contributed by atoms with Crippen molar-refractivity contribution in [2.24, 2.45) is 0 Å². The van der Waals surface area contributed by atoms with Crippen LogP contribution in [0.1, 0.15) is 39.2 Å². The van der Waals surface area contributed by atoms with Gasteiger partial charge in [-0.2, -0.15) is 0 Å². The van der Waals surface area contributed by atoms with Gasteiger partial charge in [-0.1, -0.05) is 51.0 Å². The van der Waals surface area contributed by atoms with Crippen LogP contribution in [0.2, 0.25) is 0 Å². The number of aromatic nitrogens is 3. The fraction of sp³-hybridized carbons (Fsp3) is 0.179. The molecule has 0 aliphatic rings. The molecule has 6 N–H and O–H groups in total. The summed E-state index contributed by atoms with van der Waals surface area (Å²) in [5, 5.41) is 25.7. The number of fused-ring (bicyclic) bond motifs is 1. The molecule has 0 radical (unpaired) electrons. The zero-order valence-electron chi connectivity index (χ0n) is 21.5. The molecule has 4 rings (SSSR count). The molecule has 0 saturated heterocycles. The lowest BCUT2D eigenvalue weighted by molar-refractivity contribution is -0.112. The number of carbonyl (C=O) groups excluding carboxylic acids is 1. The Morgan fingerprint density at radius 2 is 1.82 bits per heavy atom. The summed E-state index contributed by atoms with van der Waals surface area (Å²) in [7, 11) is 0. The fourth-order valence-corrected chi connectivity index (χ4v) is 3.39. The number of allylic oxidation sites excluding steroid dienone is 1. The zero-order valence-corrected chi connectivity index (χ0v) is 21.5. The number of nitrogen functional groups attached to an aromatic ring is 1. The molecule has 2 aromatic heterocycles. The third-order valence-corrected chi connectivity index (χ3v) is 5.62. The minimum atomic E-state index is -0.651. The van der Waals surface area contributed by atoms with Crippen molar-refractivity contribution in [3.05, 3.63) is 77.6 Å². The van der Waals surface area contributed by atoms with Crippen LogP contribution in [-0.2, 0) is 4.79 Å². The number of hydrogen-bond donors (Lipinski definition) is 5. The Morgan fingerprint density at radius 3 is 2.47 bits per heavy atom. The second kappa shape index (κ2) is 12.9. The third-order valence-electron chi connectivity index (χ3n) is 5.62. The van der Waals surface area contributed by atoms with E-state index in [4.69, 9.17) is 16.6 Å². The first-order chi connectivity index (χ1) is 18.4. The molecule has 0 unspecified atom stereocenters. The molecule has 38 heavy (non-hydrogen) atoms. The van der Waals surface area contributed by atoms with Crippen LogP contribution < -0.4 is 16.4 Å². The van der Waals surface area contributed by atoms with Crippen molar-refractivity contribution >= 4 is 52.2 Å². The molecule has 0 aliphatic carbocycles. The molecule has 9 nitrogen and oxygen atoms in total. The van der Waals surface area contributed by atoms with Gasteiger partial charge in [0.25, 0.3) is 5.91 Å². The van der Waals surface area contributed by atoms with E-state index in [0.29, 0.717) is 22.5 Å². The van der Waals surface area contributed by atoms with E-state index in [1.165, 1.54) is 31.1 Å². The number of pyridine rings is 1. The van der Waals surface area contributed by atoms with Crippen LogP contribution in [0.3, 0.4) is 0 Å². The lowest BCUT2D eigenvalue weighted by Gasteiger charge is -2.09. The molecular formula is C28H31FN8O. The number of nitrogens with two attached hydrogens (primary N) is 1. The Labute approximate surface area is 220 Å². The molecule has 10 heteroatoms. The van der Waals surface area contributed by atoms with E-state index in [1.54, 1.807) is 29.8 Å². The number of anilines is 4. The van der Waals surface area contributed by atoms with Gasteiger partial charge in [0, 0.05) is 23.5 Å². The van der Waals surface area contributed by atoms with E-state index < -0.39 is 11.7 Å². The monoisotopic (exact) mass is 514 g/mol. The van der Waals surface area contributed by atoms with Gasteiger partial charge in [-0.3, -0.25) is 4.79 Å². The maximum Gasteiger partial charge on any atom is 0.258 e. The average Bonchev–Trinajstić information content (AvgIpc) is 3.30. The smallest absolute Gasteiger partial charge is 0.258 e. The van der Waals surface area contributed by atoms with Crippen LogP contribution >= 0.6 is 0 Å². The third kappa shape index (κ3) is 6.09. The highest BCUT2D eigenvalue weighted by Gasteiger charge is 2.17. The summed E-state index contributed by atoms with van der Waals surface area (Å²) in [4.78, 5) is 16.8. The quantitative estimate of drug-likeness (QED) is 0.108. The van der Waals surface area contributed by atoms with Crippen molar-refractivity contribution in [1.82, 2.24) is 14.8 Å². The van der Waals surface area contributed by atoms with Crippen molar-refractivity contribution in [3.8, 4) is 5.82 Å². The molecule has 0 bridgehead atoms. The number of para-hydroxylation sites is 1. The topological polar surface area (TPSA) is 146 Å². The summed E-state index contributed by atoms with van der Waals surface area (Å²) in [6, 6.07) is 15.4. The summed E-state index contributed by atoms with van der Waals surface area (Å²) < 4.78 is 16.4. The van der Waals surface area contributed by atoms with E-state index in [1.807, 2.05) is 24.3 Å². The lowest BCUT2D eigenvalue weighted by Crippen LogP contribution is -2.16. The van der Waals surface area contributed by atoms with E-state index in [-0.39, 0.29) is 28.3 Å². The van der Waals surface area contributed by atoms with Crippen molar-refractivity contribution in [2.45, 2.75) is 33.6 Å². The Kier molecular flexibility index (Phi) is 9.42. The minimum absolute atomic E-state index is 0.00994. The van der Waals surface area contributed by atoms with Gasteiger partial charge < -0.3 is 27.2 Å². The fourth-order valence-electron chi connectivity index (χ4n) is 3.39. The second-order valence-corrected chi connectivity index (χ2v) is 8.20. The molecule has 2 heterocycles. The molecular weight excluding hydrogens is 483 g/mol. The normalized spacial score (nSPS) is 10.9. The van der Waals surface area contributed by atoms with E-state index >= 15 is 0 Å². The first-order valence-corrected chi connectivity index (χ1v) is 12.2. The number of unbranched alkanes of at least 4 members (excludes halogenated alkanes) is 1. The first-order valence-electron chi connectivity index (χ1n) is 12.2. The number of halogens is 1. The Hall–Kier alpha value is -4.86. The highest BCUT2D eigenvalue weighted by molar-refractivity contribution is 6.16. The van der Waals surface area contributed by atoms with Gasteiger partial charge in [0.1, 0.15) is 5.82 Å². The van der Waals surface area contributed by atoms with Gasteiger partial charge in [-0.15, -0.1) is 5.10 Å². The molecule has 0 saturated carbocycles. The lowest BCUT2D eigenvalue weighted by atomic mass is 10.1. The first kappa shape index (κ1) is 27.7. The number of hydrogen-bond acceptors (Lipinski definition) is 7. The summed E-state index contributed by atoms with van der Waals surface area (Å²) >= 11 is 0. The summed E-state index contributed by atoms with van der Waals surface area (Å²) in [5.74, 6) is -0.000521. The summed E-state index contributed by atoms with van der Waals surface area (Å²) in [6.07, 6.45) is 6.01. The predicted molar refractivity (Wildman–Crippen MR) is 153 cm³/mol. The minimum Gasteiger partial charge on any atom is -0.398 e. The van der Waals surface area contributed by atoms with E-state index in [2.05, 4.69) is 34.6 Å². The van der Waals surface area contributed by atoms with Crippen molar-refractivity contribution in [1.29, 1.82) is 10.8 Å². The van der Waals surface area contributed by atoms with Gasteiger partial charge >= 0.3 is 0 Å². The zero-order chi connectivity index (χ0) is 27.7. The van der Waals surface area contributed by atoms with Gasteiger partial charge in [0.15, 0.2) is 17.5 Å². The maximum absolute atomic E-state index is 14.8. The van der Waals surface area contributed by atoms with Gasteiger partial charge in [0.2, 0.25) is 0 Å². The van der Waals surface area contributed by atoms with Crippen molar-refractivity contribution in [2.75, 3.05) is 16.4 Å². The number of nitrogens with one attached hydrogen (secondary N) is 4. The Bertz CT molecular complexity index is 1490. The van der Waals surface area contributed by atoms with Gasteiger partial charge in [-0.05, 0) is 43.3 Å². The number of amides is 1. The van der Waals surface area contributed by atoms with Crippen LogP contribution in [0, 0.1) is 16.6 Å². The van der Waals surface area contributed by atoms with Crippen LogP contribution in [0.15, 0.2) is 66.2 Å². The Balaban J connectivity index is 0.000000934. The molecule has 0 spiro atoms. The Morgan fingerprint density at radius 1 is 1.08 bits per heavy atom. The average molecular weight is 515 g/mol. The highest BCUT2D eigenvalue weighted by Crippen LogP contribution is 2.30. The van der Waals surface area contributed by atoms with E-state index in [9.17, 15) is 9.18 Å². The van der Waals surface area contributed by atoms with Crippen LogP contribution in [-0.4, -0.2) is 33.1 Å². The van der Waals surface area contributed by atoms with Gasteiger partial charge in [-0.25, -0.2) is 14.1 Å². The molecule has 2 aromatic carbocycles. The molecule has 196 valence electrons. The predicted octanol–water partition coefficient (Wildman–Crippen LogP) is 6.22. The van der Waals surface area contributed by atoms with E-state index in [0.717, 1.165) is 12.4 Å². The van der Waals surface area contributed by atoms with Crippen molar-refractivity contribution in [3.63, 3.8) is 0 Å². The van der Waals surface area contributed by atoms with Gasteiger partial charge in [0.05, 0.1) is 22.3 Å². The summed E-state index contributed by atoms with van der Waals surface area (Å²) in [6.45, 7) is 6.03.